The van der Waals surface area contributed by atoms with Gasteiger partial charge in [0.2, 0.25) is 5.91 Å². The van der Waals surface area contributed by atoms with Gasteiger partial charge in [0.1, 0.15) is 0 Å². The summed E-state index contributed by atoms with van der Waals surface area (Å²) >= 11 is 0. The number of amides is 2. The van der Waals surface area contributed by atoms with Gasteiger partial charge >= 0.3 is 0 Å². The third kappa shape index (κ3) is 6.35. The second kappa shape index (κ2) is 11.5. The molecule has 0 aliphatic carbocycles. The smallest absolute Gasteiger partial charge is 0.251 e. The van der Waals surface area contributed by atoms with Gasteiger partial charge in [-0.2, -0.15) is 0 Å². The first-order valence-corrected chi connectivity index (χ1v) is 12.0. The molecule has 3 aromatic carbocycles. The van der Waals surface area contributed by atoms with Gasteiger partial charge < -0.3 is 15.1 Å². The number of piperazine rings is 1. The van der Waals surface area contributed by atoms with E-state index >= 15 is 0 Å². The predicted octanol–water partition coefficient (Wildman–Crippen LogP) is 3.51. The number of nitrogens with zero attached hydrogens (tertiary/aromatic N) is 2. The summed E-state index contributed by atoms with van der Waals surface area (Å²) in [6, 6.07) is 26.0. The largest absolute Gasteiger partial charge is 0.368 e. The number of carbonyl (C=O) groups excluding carboxylic acids is 3. The normalized spacial score (nSPS) is 14.3. The molecule has 1 aliphatic rings. The van der Waals surface area contributed by atoms with E-state index in [4.69, 9.17) is 0 Å². The lowest BCUT2D eigenvalue weighted by Crippen LogP contribution is -2.48. The van der Waals surface area contributed by atoms with Gasteiger partial charge in [0.15, 0.2) is 5.78 Å². The molecule has 1 unspecified atom stereocenters. The van der Waals surface area contributed by atoms with Crippen LogP contribution in [0.2, 0.25) is 0 Å². The number of hydrogen-bond acceptors (Lipinski definition) is 4. The fourth-order valence-electron chi connectivity index (χ4n) is 4.47. The molecule has 0 saturated carbocycles. The zero-order valence-electron chi connectivity index (χ0n) is 20.0. The molecule has 0 bridgehead atoms. The summed E-state index contributed by atoms with van der Waals surface area (Å²) in [5.41, 5.74) is 3.47. The Morgan fingerprint density at radius 3 is 2.06 bits per heavy atom. The van der Waals surface area contributed by atoms with Crippen LogP contribution in [0.5, 0.6) is 0 Å². The van der Waals surface area contributed by atoms with E-state index in [-0.39, 0.29) is 24.0 Å². The molecule has 0 spiro atoms. The molecular weight excluding hydrogens is 438 g/mol. The molecule has 1 heterocycles. The number of rotatable bonds is 8. The molecule has 2 amide bonds. The fourth-order valence-corrected chi connectivity index (χ4v) is 4.47. The maximum atomic E-state index is 13.6. The van der Waals surface area contributed by atoms with Crippen LogP contribution in [0.15, 0.2) is 84.9 Å². The van der Waals surface area contributed by atoms with Crippen LogP contribution in [0.1, 0.15) is 28.4 Å². The van der Waals surface area contributed by atoms with Crippen LogP contribution in [-0.4, -0.2) is 54.7 Å². The number of ketones is 1. The first-order chi connectivity index (χ1) is 17.0. The van der Waals surface area contributed by atoms with Gasteiger partial charge in [-0.05, 0) is 35.7 Å². The summed E-state index contributed by atoms with van der Waals surface area (Å²) in [6.45, 7) is 4.38. The van der Waals surface area contributed by atoms with E-state index in [0.29, 0.717) is 25.1 Å². The average molecular weight is 470 g/mol. The molecule has 35 heavy (non-hydrogen) atoms. The highest BCUT2D eigenvalue weighted by molar-refractivity contribution is 5.98. The van der Waals surface area contributed by atoms with Crippen molar-refractivity contribution in [1.82, 2.24) is 10.2 Å². The lowest BCUT2D eigenvalue weighted by atomic mass is 9.96. The van der Waals surface area contributed by atoms with Gasteiger partial charge in [0.25, 0.3) is 5.91 Å². The number of para-hydroxylation sites is 1. The van der Waals surface area contributed by atoms with Gasteiger partial charge in [0, 0.05) is 50.8 Å². The van der Waals surface area contributed by atoms with Crippen molar-refractivity contribution in [2.75, 3.05) is 31.1 Å². The number of anilines is 1. The number of carbonyl (C=O) groups is 3. The summed E-state index contributed by atoms with van der Waals surface area (Å²) in [4.78, 5) is 42.3. The van der Waals surface area contributed by atoms with Gasteiger partial charge in [0.05, 0.1) is 6.04 Å². The van der Waals surface area contributed by atoms with Crippen LogP contribution >= 0.6 is 0 Å². The Kier molecular flexibility index (Phi) is 7.93. The Bertz CT molecular complexity index is 1160. The molecule has 4 rings (SSSR count). The van der Waals surface area contributed by atoms with Crippen molar-refractivity contribution in [1.29, 1.82) is 0 Å². The fraction of sp³-hybridized carbons (Fsp3) is 0.276. The van der Waals surface area contributed by atoms with Crippen LogP contribution in [0.25, 0.3) is 0 Å². The Morgan fingerprint density at radius 1 is 0.800 bits per heavy atom. The summed E-state index contributed by atoms with van der Waals surface area (Å²) in [7, 11) is 0. The van der Waals surface area contributed by atoms with E-state index in [0.717, 1.165) is 29.9 Å². The molecule has 6 nitrogen and oxygen atoms in total. The molecule has 1 N–H and O–H groups in total. The minimum atomic E-state index is -0.646. The number of benzene rings is 3. The molecular formula is C29H31N3O3. The van der Waals surface area contributed by atoms with Crippen molar-refractivity contribution in [3.05, 3.63) is 102 Å². The topological polar surface area (TPSA) is 69.7 Å². The van der Waals surface area contributed by atoms with Crippen LogP contribution in [0.4, 0.5) is 5.69 Å². The minimum absolute atomic E-state index is 0.0343. The van der Waals surface area contributed by atoms with Crippen molar-refractivity contribution in [3.8, 4) is 0 Å². The number of Topliss-reactive ketones (excluding diaryl/α,β-unsaturated/α-hetero) is 1. The zero-order valence-corrected chi connectivity index (χ0v) is 20.0. The summed E-state index contributed by atoms with van der Waals surface area (Å²) in [5.74, 6) is -0.201. The maximum Gasteiger partial charge on any atom is 0.251 e. The molecule has 6 heteroatoms. The lowest BCUT2D eigenvalue weighted by molar-refractivity contribution is -0.129. The SMILES string of the molecule is CC(=O)N1CCN(c2ccccc2CC(=O)C(Cc2ccccc2)NC(=O)c2ccccc2)CC1. The molecule has 1 fully saturated rings. The monoisotopic (exact) mass is 469 g/mol. The van der Waals surface area contributed by atoms with E-state index < -0.39 is 6.04 Å². The number of nitrogens with one attached hydrogen (secondary N) is 1. The molecule has 1 atom stereocenters. The maximum absolute atomic E-state index is 13.6. The number of hydrogen-bond donors (Lipinski definition) is 1. The van der Waals surface area contributed by atoms with Crippen LogP contribution in [-0.2, 0) is 22.4 Å². The van der Waals surface area contributed by atoms with Crippen LogP contribution < -0.4 is 10.2 Å². The second-order valence-corrected chi connectivity index (χ2v) is 8.85. The van der Waals surface area contributed by atoms with Gasteiger partial charge in [-0.1, -0.05) is 66.7 Å². The quantitative estimate of drug-likeness (QED) is 0.548. The molecule has 180 valence electrons. The van der Waals surface area contributed by atoms with E-state index in [9.17, 15) is 14.4 Å². The zero-order chi connectivity index (χ0) is 24.6. The molecule has 3 aromatic rings. The van der Waals surface area contributed by atoms with E-state index in [1.54, 1.807) is 19.1 Å². The highest BCUT2D eigenvalue weighted by atomic mass is 16.2. The van der Waals surface area contributed by atoms with Gasteiger partial charge in [-0.15, -0.1) is 0 Å². The van der Waals surface area contributed by atoms with Crippen molar-refractivity contribution in [2.24, 2.45) is 0 Å². The van der Waals surface area contributed by atoms with Gasteiger partial charge in [-0.3, -0.25) is 14.4 Å². The Hall–Kier alpha value is -3.93. The van der Waals surface area contributed by atoms with Crippen molar-refractivity contribution in [2.45, 2.75) is 25.8 Å². The Morgan fingerprint density at radius 2 is 1.40 bits per heavy atom. The van der Waals surface area contributed by atoms with Crippen LogP contribution in [0.3, 0.4) is 0 Å². The minimum Gasteiger partial charge on any atom is -0.368 e. The third-order valence-electron chi connectivity index (χ3n) is 6.43. The Balaban J connectivity index is 1.52. The summed E-state index contributed by atoms with van der Waals surface area (Å²) in [6.07, 6.45) is 0.646. The van der Waals surface area contributed by atoms with Gasteiger partial charge in [-0.25, -0.2) is 0 Å². The lowest BCUT2D eigenvalue weighted by Gasteiger charge is -2.36. The second-order valence-electron chi connectivity index (χ2n) is 8.85. The molecule has 1 aliphatic heterocycles. The predicted molar refractivity (Wildman–Crippen MR) is 137 cm³/mol. The first kappa shape index (κ1) is 24.2. The highest BCUT2D eigenvalue weighted by Crippen LogP contribution is 2.23. The average Bonchev–Trinajstić information content (AvgIpc) is 2.89. The highest BCUT2D eigenvalue weighted by Gasteiger charge is 2.25. The van der Waals surface area contributed by atoms with Crippen molar-refractivity contribution < 1.29 is 14.4 Å². The first-order valence-electron chi connectivity index (χ1n) is 12.0. The standard InChI is InChI=1S/C29H31N3O3/c1-22(33)31-16-18-32(19-17-31)27-15-9-8-14-25(27)21-28(34)26(20-23-10-4-2-5-11-23)30-29(35)24-12-6-3-7-13-24/h2-15,26H,16-21H2,1H3,(H,30,35). The van der Waals surface area contributed by atoms with Crippen molar-refractivity contribution >= 4 is 23.3 Å². The van der Waals surface area contributed by atoms with Crippen molar-refractivity contribution in [3.63, 3.8) is 0 Å². The third-order valence-corrected chi connectivity index (χ3v) is 6.43. The van der Waals surface area contributed by atoms with Crippen LogP contribution in [0, 0.1) is 0 Å². The summed E-state index contributed by atoms with van der Waals surface area (Å²) < 4.78 is 0. The van der Waals surface area contributed by atoms with E-state index in [1.165, 1.54) is 0 Å². The molecule has 1 saturated heterocycles. The Labute approximate surface area is 206 Å². The molecule has 0 aromatic heterocycles. The summed E-state index contributed by atoms with van der Waals surface area (Å²) in [5, 5.41) is 2.97. The molecule has 0 radical (unpaired) electrons. The van der Waals surface area contributed by atoms with E-state index in [2.05, 4.69) is 10.2 Å². The van der Waals surface area contributed by atoms with E-state index in [1.807, 2.05) is 77.7 Å².